The molecule has 19 heavy (non-hydrogen) atoms. The molecule has 0 fully saturated rings. The molecule has 1 aromatic carbocycles. The molecule has 2 nitrogen and oxygen atoms in total. The Bertz CT molecular complexity index is 551. The van der Waals surface area contributed by atoms with Crippen LogP contribution in [0.15, 0.2) is 36.4 Å². The molecule has 0 atom stereocenters. The molecule has 0 saturated heterocycles. The lowest BCUT2D eigenvalue weighted by Crippen LogP contribution is -1.81. The van der Waals surface area contributed by atoms with Crippen molar-refractivity contribution in [2.75, 3.05) is 0 Å². The molecule has 1 aromatic heterocycles. The van der Waals surface area contributed by atoms with Crippen LogP contribution in [0.4, 0.5) is 0 Å². The van der Waals surface area contributed by atoms with Crippen molar-refractivity contribution < 1.29 is 4.74 Å². The van der Waals surface area contributed by atoms with Gasteiger partial charge in [-0.15, -0.1) is 16.6 Å². The van der Waals surface area contributed by atoms with E-state index < -0.39 is 0 Å². The zero-order valence-corrected chi connectivity index (χ0v) is 11.9. The summed E-state index contributed by atoms with van der Waals surface area (Å²) >= 11 is 1.85. The zero-order chi connectivity index (χ0) is 13.5. The number of benzene rings is 1. The fourth-order valence-electron chi connectivity index (χ4n) is 1.96. The summed E-state index contributed by atoms with van der Waals surface area (Å²) < 4.78 is 4.78. The fourth-order valence-corrected chi connectivity index (χ4v) is 3.01. The molecule has 0 aliphatic rings. The third-order valence-corrected chi connectivity index (χ3v) is 4.18. The Labute approximate surface area is 118 Å². The first-order valence-corrected chi connectivity index (χ1v) is 7.40. The van der Waals surface area contributed by atoms with E-state index in [1.807, 2.05) is 35.6 Å². The fraction of sp³-hybridized carbons (Fsp3) is 0.312. The van der Waals surface area contributed by atoms with Crippen LogP contribution >= 0.6 is 11.3 Å². The minimum Gasteiger partial charge on any atom is -0.388 e. The van der Waals surface area contributed by atoms with Crippen LogP contribution in [-0.4, -0.2) is 0 Å². The van der Waals surface area contributed by atoms with Gasteiger partial charge >= 0.3 is 0 Å². The number of hydrogen-bond donors (Lipinski definition) is 0. The van der Waals surface area contributed by atoms with E-state index in [-0.39, 0.29) is 0 Å². The predicted octanol–water partition coefficient (Wildman–Crippen LogP) is 5.01. The topological polar surface area (TPSA) is 33.0 Å². The maximum absolute atomic E-state index is 8.44. The second-order valence-electron chi connectivity index (χ2n) is 4.44. The van der Waals surface area contributed by atoms with Crippen molar-refractivity contribution in [2.24, 2.45) is 0 Å². The number of nitrogens with zero attached hydrogens (tertiary/aromatic N) is 1. The molecule has 0 aliphatic heterocycles. The van der Waals surface area contributed by atoms with Crippen LogP contribution in [0.5, 0.6) is 5.75 Å². The van der Waals surface area contributed by atoms with E-state index >= 15 is 0 Å². The van der Waals surface area contributed by atoms with E-state index in [0.29, 0.717) is 5.75 Å². The van der Waals surface area contributed by atoms with Gasteiger partial charge in [0.25, 0.3) is 6.26 Å². The van der Waals surface area contributed by atoms with Gasteiger partial charge in [0.1, 0.15) is 5.75 Å². The normalized spacial score (nSPS) is 10.1. The molecular weight excluding hydrogens is 254 g/mol. The second-order valence-corrected chi connectivity index (χ2v) is 5.61. The highest BCUT2D eigenvalue weighted by Crippen LogP contribution is 2.30. The van der Waals surface area contributed by atoms with E-state index in [9.17, 15) is 0 Å². The Balaban J connectivity index is 2.03. The van der Waals surface area contributed by atoms with Crippen molar-refractivity contribution in [3.05, 3.63) is 41.3 Å². The summed E-state index contributed by atoms with van der Waals surface area (Å²) in [6.45, 7) is 2.23. The number of aryl methyl sites for hydroxylation is 1. The quantitative estimate of drug-likeness (QED) is 0.546. The molecule has 0 saturated carbocycles. The molecule has 2 aromatic rings. The Morgan fingerprint density at radius 2 is 1.89 bits per heavy atom. The highest BCUT2D eigenvalue weighted by Gasteiger charge is 2.03. The lowest BCUT2D eigenvalue weighted by Gasteiger charge is -1.99. The molecular formula is C16H17NOS. The lowest BCUT2D eigenvalue weighted by atomic mass is 10.1. The van der Waals surface area contributed by atoms with Crippen molar-refractivity contribution in [3.63, 3.8) is 0 Å². The van der Waals surface area contributed by atoms with E-state index in [1.54, 1.807) is 6.26 Å². The van der Waals surface area contributed by atoms with Gasteiger partial charge in [0.15, 0.2) is 0 Å². The highest BCUT2D eigenvalue weighted by atomic mass is 32.1. The number of ether oxygens (including phenoxy) is 1. The third kappa shape index (κ3) is 3.84. The van der Waals surface area contributed by atoms with Gasteiger partial charge in [-0.2, -0.15) is 0 Å². The van der Waals surface area contributed by atoms with Gasteiger partial charge in [0.05, 0.1) is 0 Å². The smallest absolute Gasteiger partial charge is 0.292 e. The molecule has 0 aliphatic carbocycles. The molecule has 0 unspecified atom stereocenters. The summed E-state index contributed by atoms with van der Waals surface area (Å²) in [6.07, 6.45) is 6.68. The van der Waals surface area contributed by atoms with Crippen LogP contribution in [0.25, 0.3) is 10.4 Å². The summed E-state index contributed by atoms with van der Waals surface area (Å²) in [7, 11) is 0. The molecule has 98 valence electrons. The van der Waals surface area contributed by atoms with Crippen molar-refractivity contribution in [1.82, 2.24) is 0 Å². The molecule has 2 rings (SSSR count). The van der Waals surface area contributed by atoms with Crippen molar-refractivity contribution in [2.45, 2.75) is 32.6 Å². The Kier molecular flexibility index (Phi) is 5.00. The SMILES string of the molecule is CCCCCc1ccc(-c2ccc(OC#N)cc2)s1. The average molecular weight is 271 g/mol. The van der Waals surface area contributed by atoms with Gasteiger partial charge in [0.2, 0.25) is 0 Å². The van der Waals surface area contributed by atoms with Crippen LogP contribution in [0.3, 0.4) is 0 Å². The summed E-state index contributed by atoms with van der Waals surface area (Å²) in [4.78, 5) is 2.72. The summed E-state index contributed by atoms with van der Waals surface area (Å²) in [5.74, 6) is 0.589. The van der Waals surface area contributed by atoms with Crippen LogP contribution < -0.4 is 4.74 Å². The van der Waals surface area contributed by atoms with Gasteiger partial charge in [-0.1, -0.05) is 19.8 Å². The standard InChI is InChI=1S/C16H17NOS/c1-2-3-4-5-15-10-11-16(19-15)13-6-8-14(9-7-13)18-12-17/h6-11H,2-5H2,1H3. The number of hydrogen-bond acceptors (Lipinski definition) is 3. The third-order valence-electron chi connectivity index (χ3n) is 2.99. The van der Waals surface area contributed by atoms with Crippen LogP contribution in [-0.2, 0) is 6.42 Å². The molecule has 0 spiro atoms. The second kappa shape index (κ2) is 6.96. The van der Waals surface area contributed by atoms with E-state index in [0.717, 1.165) is 0 Å². The molecule has 0 radical (unpaired) electrons. The summed E-state index contributed by atoms with van der Waals surface area (Å²) in [6, 6.07) is 12.0. The summed E-state index contributed by atoms with van der Waals surface area (Å²) in [5, 5.41) is 8.44. The molecule has 0 N–H and O–H groups in total. The summed E-state index contributed by atoms with van der Waals surface area (Å²) in [5.41, 5.74) is 1.18. The van der Waals surface area contributed by atoms with Gasteiger partial charge in [-0.3, -0.25) is 0 Å². The van der Waals surface area contributed by atoms with Crippen molar-refractivity contribution in [3.8, 4) is 22.4 Å². The maximum atomic E-state index is 8.44. The van der Waals surface area contributed by atoms with E-state index in [4.69, 9.17) is 10.00 Å². The van der Waals surface area contributed by atoms with Crippen LogP contribution in [0.1, 0.15) is 31.1 Å². The zero-order valence-electron chi connectivity index (χ0n) is 11.1. The Hall–Kier alpha value is -1.79. The van der Waals surface area contributed by atoms with Crippen molar-refractivity contribution in [1.29, 1.82) is 5.26 Å². The lowest BCUT2D eigenvalue weighted by molar-refractivity contribution is 0.507. The Morgan fingerprint density at radius 3 is 2.58 bits per heavy atom. The molecule has 0 amide bonds. The largest absolute Gasteiger partial charge is 0.388 e. The maximum Gasteiger partial charge on any atom is 0.292 e. The molecule has 1 heterocycles. The highest BCUT2D eigenvalue weighted by molar-refractivity contribution is 7.15. The van der Waals surface area contributed by atoms with Gasteiger partial charge in [-0.05, 0) is 54.8 Å². The number of rotatable bonds is 6. The first-order valence-electron chi connectivity index (χ1n) is 6.58. The van der Waals surface area contributed by atoms with Gasteiger partial charge in [0, 0.05) is 9.75 Å². The monoisotopic (exact) mass is 271 g/mol. The minimum atomic E-state index is 0.589. The first kappa shape index (κ1) is 13.6. The number of unbranched alkanes of at least 4 members (excludes halogenated alkanes) is 2. The molecule has 3 heteroatoms. The van der Waals surface area contributed by atoms with E-state index in [1.165, 1.54) is 41.0 Å². The molecule has 0 bridgehead atoms. The average Bonchev–Trinajstić information content (AvgIpc) is 2.89. The minimum absolute atomic E-state index is 0.589. The first-order chi connectivity index (χ1) is 9.33. The van der Waals surface area contributed by atoms with Crippen molar-refractivity contribution >= 4 is 11.3 Å². The van der Waals surface area contributed by atoms with Crippen LogP contribution in [0, 0.1) is 11.5 Å². The van der Waals surface area contributed by atoms with Crippen LogP contribution in [0.2, 0.25) is 0 Å². The van der Waals surface area contributed by atoms with Gasteiger partial charge < -0.3 is 4.74 Å². The van der Waals surface area contributed by atoms with E-state index in [2.05, 4.69) is 19.1 Å². The van der Waals surface area contributed by atoms with Gasteiger partial charge in [-0.25, -0.2) is 0 Å². The number of nitriles is 1. The predicted molar refractivity (Wildman–Crippen MR) is 79.2 cm³/mol. The number of thiophene rings is 1. The Morgan fingerprint density at radius 1 is 1.11 bits per heavy atom.